The second-order valence-corrected chi connectivity index (χ2v) is 7.33. The zero-order valence-electron chi connectivity index (χ0n) is 14.8. The Morgan fingerprint density at radius 2 is 1.96 bits per heavy atom. The van der Waals surface area contributed by atoms with E-state index < -0.39 is 0 Å². The summed E-state index contributed by atoms with van der Waals surface area (Å²) >= 11 is 0. The first-order valence-electron chi connectivity index (χ1n) is 9.20. The van der Waals surface area contributed by atoms with Crippen molar-refractivity contribution < 1.29 is 4.79 Å². The molecule has 3 N–H and O–H groups in total. The largest absolute Gasteiger partial charge is 0.341 e. The third-order valence-electron chi connectivity index (χ3n) is 5.46. The van der Waals surface area contributed by atoms with Gasteiger partial charge in [0.25, 0.3) is 0 Å². The molecule has 1 aromatic carbocycles. The second-order valence-electron chi connectivity index (χ2n) is 7.33. The van der Waals surface area contributed by atoms with Gasteiger partial charge in [0, 0.05) is 38.1 Å². The highest BCUT2D eigenvalue weighted by Crippen LogP contribution is 2.22. The highest BCUT2D eigenvalue weighted by atomic mass is 16.2. The van der Waals surface area contributed by atoms with Crippen LogP contribution in [0.1, 0.15) is 38.3 Å². The Labute approximate surface area is 145 Å². The number of nitrogens with zero attached hydrogens (tertiary/aromatic N) is 1. The molecule has 0 bridgehead atoms. The van der Waals surface area contributed by atoms with E-state index in [0.717, 1.165) is 50.5 Å². The second kappa shape index (κ2) is 8.10. The monoisotopic (exact) mass is 330 g/mol. The molecule has 3 unspecified atom stereocenters. The van der Waals surface area contributed by atoms with Gasteiger partial charge in [0.2, 0.25) is 5.91 Å². The number of piperidine rings is 1. The summed E-state index contributed by atoms with van der Waals surface area (Å²) in [7, 11) is 0. The molecule has 0 aliphatic carbocycles. The van der Waals surface area contributed by atoms with Crippen molar-refractivity contribution in [1.29, 1.82) is 0 Å². The molecule has 132 valence electrons. The average Bonchev–Trinajstić information content (AvgIpc) is 3.01. The molecule has 0 spiro atoms. The molecule has 5 nitrogen and oxygen atoms in total. The summed E-state index contributed by atoms with van der Waals surface area (Å²) in [5.41, 5.74) is 7.51. The van der Waals surface area contributed by atoms with Crippen LogP contribution in [-0.4, -0.2) is 43.0 Å². The third kappa shape index (κ3) is 4.15. The van der Waals surface area contributed by atoms with Crippen molar-refractivity contribution in [2.45, 2.75) is 38.8 Å². The summed E-state index contributed by atoms with van der Waals surface area (Å²) in [6, 6.07) is 10.3. The van der Waals surface area contributed by atoms with Crippen LogP contribution in [0, 0.1) is 11.8 Å². The van der Waals surface area contributed by atoms with E-state index in [1.54, 1.807) is 0 Å². The molecule has 3 rings (SSSR count). The lowest BCUT2D eigenvalue weighted by molar-refractivity contribution is -0.135. The van der Waals surface area contributed by atoms with Gasteiger partial charge in [-0.15, -0.1) is 0 Å². The number of hydrogen-bond acceptors (Lipinski definition) is 4. The Morgan fingerprint density at radius 3 is 2.58 bits per heavy atom. The van der Waals surface area contributed by atoms with Crippen LogP contribution >= 0.6 is 0 Å². The van der Waals surface area contributed by atoms with Crippen LogP contribution < -0.4 is 16.2 Å². The molecule has 1 aromatic rings. The molecular formula is C19H30N4O. The lowest BCUT2D eigenvalue weighted by Gasteiger charge is -2.34. The lowest BCUT2D eigenvalue weighted by atomic mass is 9.97. The Hall–Kier alpha value is -1.43. The van der Waals surface area contributed by atoms with Gasteiger partial charge in [0.15, 0.2) is 0 Å². The number of hydrogen-bond donors (Lipinski definition) is 3. The van der Waals surface area contributed by atoms with Crippen molar-refractivity contribution in [2.24, 2.45) is 11.8 Å². The lowest BCUT2D eigenvalue weighted by Crippen LogP contribution is -2.46. The number of carbonyl (C=O) groups excluding carboxylic acids is 1. The molecule has 24 heavy (non-hydrogen) atoms. The Balaban J connectivity index is 1.68. The van der Waals surface area contributed by atoms with Crippen LogP contribution in [-0.2, 0) is 4.79 Å². The number of likely N-dealkylation sites (tertiary alicyclic amines) is 1. The van der Waals surface area contributed by atoms with E-state index >= 15 is 0 Å². The van der Waals surface area contributed by atoms with Gasteiger partial charge in [-0.05, 0) is 31.2 Å². The molecule has 2 aliphatic heterocycles. The van der Waals surface area contributed by atoms with E-state index in [9.17, 15) is 4.79 Å². The van der Waals surface area contributed by atoms with E-state index in [2.05, 4.69) is 42.1 Å². The normalized spacial score (nSPS) is 26.5. The predicted molar refractivity (Wildman–Crippen MR) is 96.3 cm³/mol. The summed E-state index contributed by atoms with van der Waals surface area (Å²) in [5.74, 6) is 1.44. The van der Waals surface area contributed by atoms with E-state index in [1.807, 2.05) is 23.1 Å². The topological polar surface area (TPSA) is 56.4 Å². The van der Waals surface area contributed by atoms with E-state index in [1.165, 1.54) is 0 Å². The Morgan fingerprint density at radius 1 is 1.25 bits per heavy atom. The smallest absolute Gasteiger partial charge is 0.244 e. The summed E-state index contributed by atoms with van der Waals surface area (Å²) in [6.45, 7) is 7.98. The van der Waals surface area contributed by atoms with Crippen molar-refractivity contribution in [2.75, 3.05) is 26.2 Å². The number of carbonyl (C=O) groups is 1. The number of amides is 1. The van der Waals surface area contributed by atoms with Gasteiger partial charge in [-0.2, -0.15) is 0 Å². The Bertz CT molecular complexity index is 527. The van der Waals surface area contributed by atoms with Crippen molar-refractivity contribution in [1.82, 2.24) is 21.1 Å². The van der Waals surface area contributed by atoms with Gasteiger partial charge in [0.1, 0.15) is 6.04 Å². The zero-order valence-corrected chi connectivity index (χ0v) is 14.8. The fraction of sp³-hybridized carbons (Fsp3) is 0.632. The highest BCUT2D eigenvalue weighted by Gasteiger charge is 2.30. The standard InChI is InChI=1S/C19H30N4O/c1-14-8-10-23(11-9-14)19(24)18(16-6-4-3-5-7-16)20-12-17-13-21-22-15(17)2/h3-7,14-15,17-18,20-22H,8-13H2,1-2H3. The first-order chi connectivity index (χ1) is 11.6. The molecular weight excluding hydrogens is 300 g/mol. The minimum Gasteiger partial charge on any atom is -0.341 e. The molecule has 0 aromatic heterocycles. The zero-order chi connectivity index (χ0) is 16.9. The minimum atomic E-state index is -0.243. The molecule has 0 saturated carbocycles. The first-order valence-corrected chi connectivity index (χ1v) is 9.20. The SMILES string of the molecule is CC1CCN(C(=O)C(NCC2CNNC2C)c2ccccc2)CC1. The maximum Gasteiger partial charge on any atom is 0.244 e. The molecule has 2 aliphatic rings. The molecule has 2 saturated heterocycles. The highest BCUT2D eigenvalue weighted by molar-refractivity contribution is 5.83. The van der Waals surface area contributed by atoms with Gasteiger partial charge in [-0.1, -0.05) is 37.3 Å². The fourth-order valence-electron chi connectivity index (χ4n) is 3.57. The van der Waals surface area contributed by atoms with E-state index in [0.29, 0.717) is 12.0 Å². The number of benzene rings is 1. The summed E-state index contributed by atoms with van der Waals surface area (Å²) < 4.78 is 0. The van der Waals surface area contributed by atoms with Gasteiger partial charge in [-0.25, -0.2) is 0 Å². The van der Waals surface area contributed by atoms with Crippen molar-refractivity contribution in [3.63, 3.8) is 0 Å². The average molecular weight is 330 g/mol. The van der Waals surface area contributed by atoms with Gasteiger partial charge < -0.3 is 10.2 Å². The van der Waals surface area contributed by atoms with Crippen LogP contribution in [0.4, 0.5) is 0 Å². The number of rotatable bonds is 5. The molecule has 2 fully saturated rings. The molecule has 1 amide bonds. The maximum atomic E-state index is 13.1. The van der Waals surface area contributed by atoms with Gasteiger partial charge in [0.05, 0.1) is 0 Å². The number of hydrazine groups is 1. The molecule has 2 heterocycles. The third-order valence-corrected chi connectivity index (χ3v) is 5.46. The summed E-state index contributed by atoms with van der Waals surface area (Å²) in [4.78, 5) is 15.2. The van der Waals surface area contributed by atoms with Crippen LogP contribution in [0.2, 0.25) is 0 Å². The molecule has 0 radical (unpaired) electrons. The van der Waals surface area contributed by atoms with Crippen molar-refractivity contribution in [3.8, 4) is 0 Å². The van der Waals surface area contributed by atoms with Crippen LogP contribution in [0.3, 0.4) is 0 Å². The van der Waals surface area contributed by atoms with Crippen LogP contribution in [0.15, 0.2) is 30.3 Å². The van der Waals surface area contributed by atoms with E-state index in [-0.39, 0.29) is 11.9 Å². The first kappa shape index (κ1) is 17.4. The van der Waals surface area contributed by atoms with Gasteiger partial charge >= 0.3 is 0 Å². The Kier molecular flexibility index (Phi) is 5.87. The molecule has 5 heteroatoms. The quantitative estimate of drug-likeness (QED) is 0.769. The predicted octanol–water partition coefficient (Wildman–Crippen LogP) is 1.69. The fourth-order valence-corrected chi connectivity index (χ4v) is 3.57. The van der Waals surface area contributed by atoms with Crippen LogP contribution in [0.5, 0.6) is 0 Å². The summed E-state index contributed by atoms with van der Waals surface area (Å²) in [5, 5.41) is 3.55. The number of nitrogens with one attached hydrogen (secondary N) is 3. The van der Waals surface area contributed by atoms with E-state index in [4.69, 9.17) is 0 Å². The summed E-state index contributed by atoms with van der Waals surface area (Å²) in [6.07, 6.45) is 2.22. The van der Waals surface area contributed by atoms with Crippen molar-refractivity contribution >= 4 is 5.91 Å². The van der Waals surface area contributed by atoms with Crippen molar-refractivity contribution in [3.05, 3.63) is 35.9 Å². The molecule has 3 atom stereocenters. The minimum absolute atomic E-state index is 0.222. The van der Waals surface area contributed by atoms with Crippen LogP contribution in [0.25, 0.3) is 0 Å². The maximum absolute atomic E-state index is 13.1. The van der Waals surface area contributed by atoms with Gasteiger partial charge in [-0.3, -0.25) is 15.6 Å².